The van der Waals surface area contributed by atoms with Crippen LogP contribution in [0.25, 0.3) is 0 Å². The van der Waals surface area contributed by atoms with Crippen LogP contribution in [0.1, 0.15) is 54.0 Å². The number of aryl methyl sites for hydroxylation is 1. The van der Waals surface area contributed by atoms with Gasteiger partial charge in [0.05, 0.1) is 12.7 Å². The Hall–Kier alpha value is -2.61. The van der Waals surface area contributed by atoms with E-state index in [4.69, 9.17) is 4.74 Å². The van der Waals surface area contributed by atoms with Gasteiger partial charge >= 0.3 is 0 Å². The van der Waals surface area contributed by atoms with E-state index in [0.29, 0.717) is 17.7 Å². The minimum atomic E-state index is -0.729. The third kappa shape index (κ3) is 6.05. The number of nitrogens with one attached hydrogen (secondary N) is 1. The number of aliphatic hydroxyl groups is 2. The molecule has 2 aromatic carbocycles. The molecule has 7 nitrogen and oxygen atoms in total. The molecule has 2 aromatic rings. The normalized spacial score (nSPS) is 19.1. The quantitative estimate of drug-likeness (QED) is 0.489. The maximum Gasteiger partial charge on any atom is 0.260 e. The van der Waals surface area contributed by atoms with Gasteiger partial charge in [0.1, 0.15) is 11.5 Å². The molecule has 0 radical (unpaired) electrons. The molecule has 178 valence electrons. The lowest BCUT2D eigenvalue weighted by molar-refractivity contribution is -0.134. The first-order valence-electron chi connectivity index (χ1n) is 11.9. The van der Waals surface area contributed by atoms with E-state index in [-0.39, 0.29) is 30.9 Å². The predicted octanol–water partition coefficient (Wildman–Crippen LogP) is 2.46. The number of benzene rings is 2. The highest BCUT2D eigenvalue weighted by Gasteiger charge is 2.21. The van der Waals surface area contributed by atoms with Crippen molar-refractivity contribution in [3.8, 4) is 11.5 Å². The summed E-state index contributed by atoms with van der Waals surface area (Å²) in [5, 5.41) is 33.0. The second kappa shape index (κ2) is 11.0. The van der Waals surface area contributed by atoms with Crippen LogP contribution in [0.3, 0.4) is 0 Å². The van der Waals surface area contributed by atoms with Gasteiger partial charge in [-0.2, -0.15) is 0 Å². The van der Waals surface area contributed by atoms with Gasteiger partial charge in [-0.15, -0.1) is 0 Å². The van der Waals surface area contributed by atoms with Crippen molar-refractivity contribution >= 4 is 5.91 Å². The maximum absolute atomic E-state index is 12.4. The summed E-state index contributed by atoms with van der Waals surface area (Å²) in [6, 6.07) is 11.1. The first-order chi connectivity index (χ1) is 16.0. The molecule has 1 amide bonds. The number of rotatable bonds is 8. The van der Waals surface area contributed by atoms with E-state index in [1.807, 2.05) is 17.0 Å². The van der Waals surface area contributed by atoms with E-state index in [1.54, 1.807) is 12.1 Å². The zero-order chi connectivity index (χ0) is 23.2. The monoisotopic (exact) mass is 454 g/mol. The second-order valence-corrected chi connectivity index (χ2v) is 9.07. The number of nitrogens with zero attached hydrogens (tertiary/aromatic N) is 1. The molecule has 2 aliphatic rings. The highest BCUT2D eigenvalue weighted by Crippen LogP contribution is 2.27. The molecule has 0 saturated carbocycles. The van der Waals surface area contributed by atoms with Crippen molar-refractivity contribution in [2.75, 3.05) is 26.2 Å². The smallest absolute Gasteiger partial charge is 0.260 e. The van der Waals surface area contributed by atoms with Crippen molar-refractivity contribution in [1.82, 2.24) is 10.2 Å². The molecule has 1 saturated heterocycles. The molecule has 0 spiro atoms. The average molecular weight is 455 g/mol. The number of carbonyl (C=O) groups excluding carboxylic acids is 1. The number of fused-ring (bicyclic) bond motifs is 1. The van der Waals surface area contributed by atoms with E-state index >= 15 is 0 Å². The molecule has 4 rings (SSSR count). The fourth-order valence-electron chi connectivity index (χ4n) is 4.71. The molecule has 4 N–H and O–H groups in total. The minimum Gasteiger partial charge on any atom is -0.508 e. The molecule has 1 fully saturated rings. The summed E-state index contributed by atoms with van der Waals surface area (Å²) in [7, 11) is 0. The van der Waals surface area contributed by atoms with E-state index in [1.165, 1.54) is 23.6 Å². The number of aliphatic hydroxyl groups excluding tert-OH is 2. The molecular weight excluding hydrogens is 420 g/mol. The first kappa shape index (κ1) is 23.5. The number of phenols is 1. The topological polar surface area (TPSA) is 102 Å². The fourth-order valence-corrected chi connectivity index (χ4v) is 4.71. The number of likely N-dealkylation sites (tertiary alicyclic amines) is 1. The highest BCUT2D eigenvalue weighted by atomic mass is 16.5. The van der Waals surface area contributed by atoms with E-state index in [2.05, 4.69) is 11.4 Å². The second-order valence-electron chi connectivity index (χ2n) is 9.07. The number of ether oxygens (including phenoxy) is 1. The number of piperidine rings is 1. The molecule has 33 heavy (non-hydrogen) atoms. The van der Waals surface area contributed by atoms with Crippen molar-refractivity contribution in [2.24, 2.45) is 0 Å². The van der Waals surface area contributed by atoms with E-state index in [9.17, 15) is 20.1 Å². The van der Waals surface area contributed by atoms with Gasteiger partial charge in [0.15, 0.2) is 6.61 Å². The van der Waals surface area contributed by atoms with Gasteiger partial charge in [0.25, 0.3) is 5.91 Å². The maximum atomic E-state index is 12.4. The van der Waals surface area contributed by atoms with Crippen LogP contribution in [0.15, 0.2) is 36.4 Å². The van der Waals surface area contributed by atoms with Crippen LogP contribution in [0.2, 0.25) is 0 Å². The lowest BCUT2D eigenvalue weighted by Gasteiger charge is -2.28. The SMILES string of the molecule is O=C(COc1ccc2c(c1)C[C@@H](NC[C@H](O)c1ccc(O)c(CO)c1)CC2)N1CCCCC1. The van der Waals surface area contributed by atoms with E-state index in [0.717, 1.165) is 50.9 Å². The molecular formula is C26H34N2O5. The van der Waals surface area contributed by atoms with Crippen molar-refractivity contribution in [3.05, 3.63) is 58.7 Å². The summed E-state index contributed by atoms with van der Waals surface area (Å²) < 4.78 is 5.82. The Bertz CT molecular complexity index is 958. The van der Waals surface area contributed by atoms with Gasteiger partial charge in [-0.05, 0) is 79.5 Å². The number of hydrogen-bond donors (Lipinski definition) is 4. The Morgan fingerprint density at radius 2 is 1.94 bits per heavy atom. The molecule has 7 heteroatoms. The van der Waals surface area contributed by atoms with Crippen LogP contribution >= 0.6 is 0 Å². The van der Waals surface area contributed by atoms with Crippen LogP contribution in [0, 0.1) is 0 Å². The Kier molecular flexibility index (Phi) is 7.85. The van der Waals surface area contributed by atoms with Crippen LogP contribution < -0.4 is 10.1 Å². The van der Waals surface area contributed by atoms with Gasteiger partial charge < -0.3 is 30.3 Å². The Labute approximate surface area is 195 Å². The summed E-state index contributed by atoms with van der Waals surface area (Å²) in [6.07, 6.45) is 5.37. The van der Waals surface area contributed by atoms with Crippen LogP contribution in [-0.4, -0.2) is 58.4 Å². The molecule has 1 aliphatic heterocycles. The van der Waals surface area contributed by atoms with Crippen molar-refractivity contribution in [1.29, 1.82) is 0 Å². The average Bonchev–Trinajstić information content (AvgIpc) is 2.86. The van der Waals surface area contributed by atoms with Crippen LogP contribution in [0.4, 0.5) is 0 Å². The Balaban J connectivity index is 1.29. The van der Waals surface area contributed by atoms with Gasteiger partial charge in [0.2, 0.25) is 0 Å². The number of aromatic hydroxyl groups is 1. The molecule has 0 bridgehead atoms. The van der Waals surface area contributed by atoms with Gasteiger partial charge in [-0.1, -0.05) is 12.1 Å². The molecule has 2 atom stereocenters. The highest BCUT2D eigenvalue weighted by molar-refractivity contribution is 5.77. The summed E-state index contributed by atoms with van der Waals surface area (Å²) in [4.78, 5) is 14.3. The lowest BCUT2D eigenvalue weighted by Crippen LogP contribution is -2.38. The third-order valence-corrected chi connectivity index (χ3v) is 6.74. The van der Waals surface area contributed by atoms with Crippen molar-refractivity contribution in [2.45, 2.75) is 57.3 Å². The summed E-state index contributed by atoms with van der Waals surface area (Å²) >= 11 is 0. The van der Waals surface area contributed by atoms with Crippen LogP contribution in [0.5, 0.6) is 11.5 Å². The van der Waals surface area contributed by atoms with Gasteiger partial charge in [-0.3, -0.25) is 4.79 Å². The largest absolute Gasteiger partial charge is 0.508 e. The third-order valence-electron chi connectivity index (χ3n) is 6.74. The molecule has 0 aromatic heterocycles. The summed E-state index contributed by atoms with van der Waals surface area (Å²) in [5.41, 5.74) is 3.58. The zero-order valence-corrected chi connectivity index (χ0v) is 19.0. The lowest BCUT2D eigenvalue weighted by atomic mass is 9.88. The zero-order valence-electron chi connectivity index (χ0n) is 19.0. The minimum absolute atomic E-state index is 0.0287. The van der Waals surface area contributed by atoms with Crippen LogP contribution in [-0.2, 0) is 24.2 Å². The Morgan fingerprint density at radius 3 is 2.73 bits per heavy atom. The Morgan fingerprint density at radius 1 is 1.12 bits per heavy atom. The summed E-state index contributed by atoms with van der Waals surface area (Å²) in [6.45, 7) is 1.85. The molecule has 0 unspecified atom stereocenters. The first-order valence-corrected chi connectivity index (χ1v) is 11.9. The van der Waals surface area contributed by atoms with Crippen molar-refractivity contribution < 1.29 is 24.9 Å². The van der Waals surface area contributed by atoms with Gasteiger partial charge in [0, 0.05) is 31.2 Å². The van der Waals surface area contributed by atoms with E-state index < -0.39 is 6.10 Å². The van der Waals surface area contributed by atoms with Crippen molar-refractivity contribution in [3.63, 3.8) is 0 Å². The molecule has 1 aliphatic carbocycles. The number of hydrogen-bond acceptors (Lipinski definition) is 6. The summed E-state index contributed by atoms with van der Waals surface area (Å²) in [5.74, 6) is 0.806. The van der Waals surface area contributed by atoms with Gasteiger partial charge in [-0.25, -0.2) is 0 Å². The fraction of sp³-hybridized carbons (Fsp3) is 0.500. The predicted molar refractivity (Wildman–Crippen MR) is 125 cm³/mol. The number of carbonyl (C=O) groups is 1. The molecule has 1 heterocycles. The number of amides is 1. The standard InChI is InChI=1S/C26H34N2O5/c29-16-21-12-19(6-9-24(21)30)25(31)15-27-22-7-4-18-5-8-23(14-20(18)13-22)33-17-26(32)28-10-2-1-3-11-28/h5-6,8-9,12,14,22,25,27,29-31H,1-4,7,10-11,13,15-17H2/t22-,25-/m0/s1.